The Labute approximate surface area is 215 Å². The molecule has 0 saturated heterocycles. The summed E-state index contributed by atoms with van der Waals surface area (Å²) in [5, 5.41) is 6.12. The molecule has 0 bridgehead atoms. The van der Waals surface area contributed by atoms with Crippen molar-refractivity contribution in [2.45, 2.75) is 19.6 Å². The lowest BCUT2D eigenvalue weighted by molar-refractivity contribution is 1.42. The summed E-state index contributed by atoms with van der Waals surface area (Å²) in [6.07, 6.45) is 0. The van der Waals surface area contributed by atoms with Crippen LogP contribution in [0.1, 0.15) is 0 Å². The molecule has 7 rings (SSSR count). The van der Waals surface area contributed by atoms with Crippen molar-refractivity contribution < 1.29 is 0 Å². The summed E-state index contributed by atoms with van der Waals surface area (Å²) in [5.74, 6) is 0. The van der Waals surface area contributed by atoms with Gasteiger partial charge < -0.3 is 0 Å². The highest BCUT2D eigenvalue weighted by molar-refractivity contribution is 7.99. The Balaban J connectivity index is 1.43. The largest absolute Gasteiger partial charge is 0.289 e. The van der Waals surface area contributed by atoms with Crippen LogP contribution in [-0.4, -0.2) is 0 Å². The van der Waals surface area contributed by atoms with Gasteiger partial charge in [0, 0.05) is 46.5 Å². The van der Waals surface area contributed by atoms with Gasteiger partial charge in [0.15, 0.2) is 10.9 Å². The Hall–Kier alpha value is -3.86. The molecule has 0 aliphatic rings. The fourth-order valence-electron chi connectivity index (χ4n) is 5.06. The Morgan fingerprint density at radius 1 is 0.361 bits per heavy atom. The Kier molecular flexibility index (Phi) is 4.98. The van der Waals surface area contributed by atoms with Crippen molar-refractivity contribution in [3.05, 3.63) is 130 Å². The van der Waals surface area contributed by atoms with Gasteiger partial charge >= 0.3 is 0 Å². The maximum Gasteiger partial charge on any atom is 0.194 e. The lowest BCUT2D eigenvalue weighted by Crippen LogP contribution is -1.96. The predicted octanol–water partition coefficient (Wildman–Crippen LogP) is 8.20. The van der Waals surface area contributed by atoms with Crippen molar-refractivity contribution >= 4 is 66.6 Å². The molecule has 0 spiro atoms. The first-order valence-corrected chi connectivity index (χ1v) is 13.3. The van der Waals surface area contributed by atoms with E-state index in [9.17, 15) is 9.59 Å². The third-order valence-corrected chi connectivity index (χ3v) is 8.66. The lowest BCUT2D eigenvalue weighted by Gasteiger charge is -2.02. The van der Waals surface area contributed by atoms with Gasteiger partial charge in [0.2, 0.25) is 0 Å². The van der Waals surface area contributed by atoms with Crippen LogP contribution in [0, 0.1) is 0 Å². The van der Waals surface area contributed by atoms with E-state index in [-0.39, 0.29) is 10.9 Å². The van der Waals surface area contributed by atoms with Crippen LogP contribution in [0.15, 0.2) is 138 Å². The zero-order valence-electron chi connectivity index (χ0n) is 19.0. The zero-order valence-corrected chi connectivity index (χ0v) is 20.7. The third-order valence-electron chi connectivity index (χ3n) is 6.67. The van der Waals surface area contributed by atoms with Crippen molar-refractivity contribution in [2.75, 3.05) is 0 Å². The molecule has 36 heavy (non-hydrogen) atoms. The maximum absolute atomic E-state index is 13.8. The first-order valence-electron chi connectivity index (χ1n) is 11.7. The van der Waals surface area contributed by atoms with E-state index in [0.717, 1.165) is 41.1 Å². The van der Waals surface area contributed by atoms with E-state index >= 15 is 0 Å². The van der Waals surface area contributed by atoms with E-state index in [0.29, 0.717) is 21.5 Å². The molecule has 0 amide bonds. The van der Waals surface area contributed by atoms with Crippen molar-refractivity contribution in [1.82, 2.24) is 0 Å². The van der Waals surface area contributed by atoms with Crippen LogP contribution in [0.3, 0.4) is 0 Å². The fourth-order valence-corrected chi connectivity index (χ4v) is 6.82. The molecular formula is C32H18O2S2. The van der Waals surface area contributed by atoms with Gasteiger partial charge in [0.25, 0.3) is 0 Å². The second-order valence-electron chi connectivity index (χ2n) is 8.81. The smallest absolute Gasteiger partial charge is 0.194 e. The van der Waals surface area contributed by atoms with Gasteiger partial charge in [0.05, 0.1) is 0 Å². The zero-order chi connectivity index (χ0) is 24.2. The van der Waals surface area contributed by atoms with Crippen LogP contribution in [0.5, 0.6) is 0 Å². The topological polar surface area (TPSA) is 34.1 Å². The van der Waals surface area contributed by atoms with Crippen LogP contribution >= 0.6 is 23.5 Å². The van der Waals surface area contributed by atoms with Crippen LogP contribution in [0.2, 0.25) is 0 Å². The molecule has 0 aromatic heterocycles. The van der Waals surface area contributed by atoms with E-state index in [1.807, 2.05) is 78.9 Å². The highest BCUT2D eigenvalue weighted by Crippen LogP contribution is 2.38. The van der Waals surface area contributed by atoms with Gasteiger partial charge in [-0.1, -0.05) is 78.1 Å². The lowest BCUT2D eigenvalue weighted by atomic mass is 10.1. The van der Waals surface area contributed by atoms with E-state index in [1.165, 1.54) is 0 Å². The average Bonchev–Trinajstić information content (AvgIpc) is 3.36. The minimum Gasteiger partial charge on any atom is -0.289 e. The minimum atomic E-state index is -0.0117. The molecule has 0 fully saturated rings. The second-order valence-corrected chi connectivity index (χ2v) is 11.1. The Morgan fingerprint density at radius 3 is 1.44 bits per heavy atom. The second kappa shape index (κ2) is 8.37. The number of rotatable bonds is 4. The molecule has 0 aliphatic heterocycles. The molecule has 7 aromatic carbocycles. The Morgan fingerprint density at radius 2 is 0.833 bits per heavy atom. The summed E-state index contributed by atoms with van der Waals surface area (Å²) < 4.78 is 0. The van der Waals surface area contributed by atoms with E-state index in [4.69, 9.17) is 0 Å². The predicted molar refractivity (Wildman–Crippen MR) is 153 cm³/mol. The molecule has 170 valence electrons. The van der Waals surface area contributed by atoms with E-state index < -0.39 is 0 Å². The molecule has 2 nitrogen and oxygen atoms in total. The summed E-state index contributed by atoms with van der Waals surface area (Å²) in [4.78, 5) is 31.4. The van der Waals surface area contributed by atoms with Crippen LogP contribution in [0.4, 0.5) is 0 Å². The van der Waals surface area contributed by atoms with Crippen molar-refractivity contribution in [2.24, 2.45) is 0 Å². The van der Waals surface area contributed by atoms with Gasteiger partial charge in [-0.25, -0.2) is 0 Å². The quantitative estimate of drug-likeness (QED) is 0.245. The van der Waals surface area contributed by atoms with Gasteiger partial charge in [-0.05, 0) is 70.8 Å². The van der Waals surface area contributed by atoms with Gasteiger partial charge in [-0.2, -0.15) is 0 Å². The van der Waals surface area contributed by atoms with Gasteiger partial charge in [0.1, 0.15) is 0 Å². The third kappa shape index (κ3) is 3.37. The molecule has 0 heterocycles. The SMILES string of the molecule is O=c1c2cc(Sc3ccccc3)ccc2c2c1ccc1c3ccc(Sc4ccccc4)cc3c(=O)c12. The summed E-state index contributed by atoms with van der Waals surface area (Å²) >= 11 is 3.27. The normalized spacial score (nSPS) is 11.8. The molecular weight excluding hydrogens is 480 g/mol. The first-order chi connectivity index (χ1) is 17.7. The number of hydrogen-bond acceptors (Lipinski definition) is 4. The standard InChI is InChI=1S/C32H18O2S2/c33-31-26-16-15-24-23-13-11-21(35-19-7-3-1-4-8-19)17-27(23)32(34)30(24)29(26)25-14-12-22(18-28(25)31)36-20-9-5-2-6-10-20/h1-18H. The Bertz CT molecular complexity index is 2020. The number of fused-ring (bicyclic) bond motifs is 7. The maximum atomic E-state index is 13.8. The molecule has 0 atom stereocenters. The van der Waals surface area contributed by atoms with Crippen molar-refractivity contribution in [1.29, 1.82) is 0 Å². The van der Waals surface area contributed by atoms with Crippen molar-refractivity contribution in [3.63, 3.8) is 0 Å². The summed E-state index contributed by atoms with van der Waals surface area (Å²) in [7, 11) is 0. The molecule has 0 unspecified atom stereocenters. The molecule has 0 N–H and O–H groups in total. The van der Waals surface area contributed by atoms with Crippen molar-refractivity contribution in [3.8, 4) is 0 Å². The van der Waals surface area contributed by atoms with E-state index in [1.54, 1.807) is 23.5 Å². The monoisotopic (exact) mass is 498 g/mol. The van der Waals surface area contributed by atoms with Crippen LogP contribution < -0.4 is 10.9 Å². The van der Waals surface area contributed by atoms with Gasteiger partial charge in [-0.3, -0.25) is 9.59 Å². The molecule has 4 heteroatoms. The van der Waals surface area contributed by atoms with Crippen LogP contribution in [0.25, 0.3) is 43.1 Å². The highest BCUT2D eigenvalue weighted by atomic mass is 32.2. The number of benzene rings is 5. The molecule has 0 saturated carbocycles. The molecule has 0 radical (unpaired) electrons. The summed E-state index contributed by atoms with van der Waals surface area (Å²) in [6.45, 7) is 0. The van der Waals surface area contributed by atoms with Gasteiger partial charge in [-0.15, -0.1) is 0 Å². The summed E-state index contributed by atoms with van der Waals surface area (Å²) in [5.41, 5.74) is -0.0156. The summed E-state index contributed by atoms with van der Waals surface area (Å²) in [6, 6.07) is 36.2. The molecule has 0 aliphatic carbocycles. The first kappa shape index (κ1) is 21.4. The minimum absolute atomic E-state index is 0.00394. The molecule has 7 aromatic rings. The van der Waals surface area contributed by atoms with Crippen LogP contribution in [-0.2, 0) is 0 Å². The number of hydrogen-bond donors (Lipinski definition) is 0. The van der Waals surface area contributed by atoms with E-state index in [2.05, 4.69) is 30.3 Å². The average molecular weight is 499 g/mol. The highest BCUT2D eigenvalue weighted by Gasteiger charge is 2.19. The fraction of sp³-hybridized carbons (Fsp3) is 0.